The molecule has 0 aliphatic carbocycles. The van der Waals surface area contributed by atoms with Crippen LogP contribution >= 0.6 is 0 Å². The van der Waals surface area contributed by atoms with E-state index < -0.39 is 16.3 Å². The molecule has 0 fully saturated rings. The summed E-state index contributed by atoms with van der Waals surface area (Å²) in [6, 6.07) is -0.117. The van der Waals surface area contributed by atoms with E-state index >= 15 is 0 Å². The zero-order valence-electron chi connectivity index (χ0n) is 9.19. The fraction of sp³-hybridized carbons (Fsp3) is 1.00. The molecular formula is C8H20N2O3S. The van der Waals surface area contributed by atoms with Crippen molar-refractivity contribution >= 4 is 10.2 Å². The Balaban J connectivity index is 4.15. The highest BCUT2D eigenvalue weighted by Gasteiger charge is 2.18. The van der Waals surface area contributed by atoms with E-state index in [0.29, 0.717) is 13.0 Å². The van der Waals surface area contributed by atoms with Gasteiger partial charge in [0.15, 0.2) is 0 Å². The lowest BCUT2D eigenvalue weighted by Gasteiger charge is -2.19. The Kier molecular flexibility index (Phi) is 5.58. The van der Waals surface area contributed by atoms with Gasteiger partial charge in [0.25, 0.3) is 10.2 Å². The van der Waals surface area contributed by atoms with Crippen LogP contribution in [-0.4, -0.2) is 43.6 Å². The molecule has 0 aliphatic heterocycles. The molecule has 0 heterocycles. The van der Waals surface area contributed by atoms with Crippen molar-refractivity contribution in [3.8, 4) is 0 Å². The average Bonchev–Trinajstić information content (AvgIpc) is 1.97. The zero-order valence-corrected chi connectivity index (χ0v) is 10.0. The standard InChI is InChI=1S/C8H20N2O3S/c1-7(2)9-14(12,13)10(4)6-5-8(3)11/h7-9,11H,5-6H2,1-4H3. The highest BCUT2D eigenvalue weighted by molar-refractivity contribution is 7.87. The summed E-state index contributed by atoms with van der Waals surface area (Å²) in [7, 11) is -1.89. The molecule has 0 aromatic rings. The molecule has 0 aromatic carbocycles. The quantitative estimate of drug-likeness (QED) is 0.663. The predicted octanol–water partition coefficient (Wildman–Crippen LogP) is -0.0681. The van der Waals surface area contributed by atoms with Gasteiger partial charge in [0.2, 0.25) is 0 Å². The fourth-order valence-electron chi connectivity index (χ4n) is 0.877. The summed E-state index contributed by atoms with van der Waals surface area (Å²) in [5.74, 6) is 0. The van der Waals surface area contributed by atoms with Gasteiger partial charge in [0.05, 0.1) is 6.10 Å². The van der Waals surface area contributed by atoms with Crippen LogP contribution < -0.4 is 4.72 Å². The maximum atomic E-state index is 11.5. The van der Waals surface area contributed by atoms with Crippen LogP contribution in [0.25, 0.3) is 0 Å². The van der Waals surface area contributed by atoms with Crippen LogP contribution in [0.2, 0.25) is 0 Å². The van der Waals surface area contributed by atoms with Gasteiger partial charge in [-0.3, -0.25) is 0 Å². The Morgan fingerprint density at radius 1 is 1.36 bits per heavy atom. The zero-order chi connectivity index (χ0) is 11.4. The smallest absolute Gasteiger partial charge is 0.279 e. The first-order valence-corrected chi connectivity index (χ1v) is 6.11. The van der Waals surface area contributed by atoms with Crippen molar-refractivity contribution in [1.82, 2.24) is 9.03 Å². The largest absolute Gasteiger partial charge is 0.393 e. The Labute approximate surface area is 86.3 Å². The average molecular weight is 224 g/mol. The Morgan fingerprint density at radius 2 is 1.86 bits per heavy atom. The number of rotatable bonds is 6. The van der Waals surface area contributed by atoms with E-state index in [2.05, 4.69) is 4.72 Å². The van der Waals surface area contributed by atoms with Crippen molar-refractivity contribution in [2.45, 2.75) is 39.3 Å². The molecule has 0 saturated carbocycles. The van der Waals surface area contributed by atoms with Gasteiger partial charge in [-0.25, -0.2) is 0 Å². The number of aliphatic hydroxyl groups excluding tert-OH is 1. The normalized spacial score (nSPS) is 15.1. The summed E-state index contributed by atoms with van der Waals surface area (Å²) in [4.78, 5) is 0. The van der Waals surface area contributed by atoms with E-state index in [9.17, 15) is 8.42 Å². The summed E-state index contributed by atoms with van der Waals surface area (Å²) in [5.41, 5.74) is 0. The number of nitrogens with zero attached hydrogens (tertiary/aromatic N) is 1. The van der Waals surface area contributed by atoms with E-state index in [1.165, 1.54) is 11.4 Å². The van der Waals surface area contributed by atoms with Gasteiger partial charge in [-0.05, 0) is 27.2 Å². The molecule has 0 rings (SSSR count). The van der Waals surface area contributed by atoms with Gasteiger partial charge in [-0.15, -0.1) is 0 Å². The minimum absolute atomic E-state index is 0.117. The first-order valence-electron chi connectivity index (χ1n) is 4.67. The molecule has 0 radical (unpaired) electrons. The van der Waals surface area contributed by atoms with Gasteiger partial charge < -0.3 is 5.11 Å². The van der Waals surface area contributed by atoms with Gasteiger partial charge in [0, 0.05) is 19.6 Å². The van der Waals surface area contributed by atoms with Crippen LogP contribution in [0.3, 0.4) is 0 Å². The number of hydrogen-bond acceptors (Lipinski definition) is 3. The third-order valence-corrected chi connectivity index (χ3v) is 3.43. The molecule has 0 aromatic heterocycles. The van der Waals surface area contributed by atoms with Crippen LogP contribution in [0.5, 0.6) is 0 Å². The van der Waals surface area contributed by atoms with Crippen molar-refractivity contribution in [3.63, 3.8) is 0 Å². The van der Waals surface area contributed by atoms with Crippen molar-refractivity contribution in [3.05, 3.63) is 0 Å². The lowest BCUT2D eigenvalue weighted by molar-refractivity contribution is 0.177. The number of hydrogen-bond donors (Lipinski definition) is 2. The van der Waals surface area contributed by atoms with Crippen LogP contribution in [0, 0.1) is 0 Å². The maximum absolute atomic E-state index is 11.5. The first kappa shape index (κ1) is 13.8. The molecule has 14 heavy (non-hydrogen) atoms. The maximum Gasteiger partial charge on any atom is 0.279 e. The van der Waals surface area contributed by atoms with Crippen molar-refractivity contribution in [1.29, 1.82) is 0 Å². The number of aliphatic hydroxyl groups is 1. The predicted molar refractivity (Wildman–Crippen MR) is 56.1 cm³/mol. The van der Waals surface area contributed by atoms with Crippen LogP contribution in [-0.2, 0) is 10.2 Å². The summed E-state index contributed by atoms with van der Waals surface area (Å²) < 4.78 is 26.6. The molecule has 6 heteroatoms. The van der Waals surface area contributed by atoms with Gasteiger partial charge in [0.1, 0.15) is 0 Å². The molecule has 0 saturated heterocycles. The van der Waals surface area contributed by atoms with E-state index in [1.54, 1.807) is 20.8 Å². The second-order valence-corrected chi connectivity index (χ2v) is 5.55. The van der Waals surface area contributed by atoms with Crippen LogP contribution in [0.15, 0.2) is 0 Å². The van der Waals surface area contributed by atoms with Gasteiger partial charge in [-0.2, -0.15) is 17.4 Å². The van der Waals surface area contributed by atoms with E-state index in [1.807, 2.05) is 0 Å². The van der Waals surface area contributed by atoms with E-state index in [4.69, 9.17) is 5.11 Å². The molecule has 86 valence electrons. The molecule has 1 atom stereocenters. The fourth-order valence-corrected chi connectivity index (χ4v) is 2.00. The summed E-state index contributed by atoms with van der Waals surface area (Å²) in [5, 5.41) is 9.01. The Hall–Kier alpha value is -0.170. The molecule has 0 aliphatic rings. The van der Waals surface area contributed by atoms with E-state index in [0.717, 1.165) is 0 Å². The molecule has 5 nitrogen and oxygen atoms in total. The summed E-state index contributed by atoms with van der Waals surface area (Å²) >= 11 is 0. The molecular weight excluding hydrogens is 204 g/mol. The topological polar surface area (TPSA) is 69.6 Å². The van der Waals surface area contributed by atoms with Crippen molar-refractivity contribution in [2.75, 3.05) is 13.6 Å². The molecule has 0 bridgehead atoms. The minimum atomic E-state index is -3.38. The first-order chi connectivity index (χ1) is 6.25. The van der Waals surface area contributed by atoms with Crippen LogP contribution in [0.4, 0.5) is 0 Å². The van der Waals surface area contributed by atoms with Gasteiger partial charge >= 0.3 is 0 Å². The summed E-state index contributed by atoms with van der Waals surface area (Å²) in [6.45, 7) is 5.48. The van der Waals surface area contributed by atoms with Crippen LogP contribution in [0.1, 0.15) is 27.2 Å². The molecule has 1 unspecified atom stereocenters. The third-order valence-electron chi connectivity index (χ3n) is 1.66. The summed E-state index contributed by atoms with van der Waals surface area (Å²) in [6.07, 6.45) is -0.0399. The molecule has 0 amide bonds. The SMILES string of the molecule is CC(O)CCN(C)S(=O)(=O)NC(C)C. The Bertz CT molecular complexity index is 249. The Morgan fingerprint density at radius 3 is 2.21 bits per heavy atom. The highest BCUT2D eigenvalue weighted by Crippen LogP contribution is 1.99. The van der Waals surface area contributed by atoms with Gasteiger partial charge in [-0.1, -0.05) is 0 Å². The lowest BCUT2D eigenvalue weighted by atomic mass is 10.3. The monoisotopic (exact) mass is 224 g/mol. The highest BCUT2D eigenvalue weighted by atomic mass is 32.2. The van der Waals surface area contributed by atoms with Crippen molar-refractivity contribution in [2.24, 2.45) is 0 Å². The van der Waals surface area contributed by atoms with E-state index in [-0.39, 0.29) is 6.04 Å². The minimum Gasteiger partial charge on any atom is -0.393 e. The van der Waals surface area contributed by atoms with Crippen molar-refractivity contribution < 1.29 is 13.5 Å². The molecule has 2 N–H and O–H groups in total. The molecule has 0 spiro atoms. The second kappa shape index (κ2) is 5.65. The third kappa shape index (κ3) is 5.54. The number of nitrogens with one attached hydrogen (secondary N) is 1. The second-order valence-electron chi connectivity index (χ2n) is 3.74. The lowest BCUT2D eigenvalue weighted by Crippen LogP contribution is -2.42.